The molecule has 0 radical (unpaired) electrons. The summed E-state index contributed by atoms with van der Waals surface area (Å²) in [6.07, 6.45) is 0.184. The predicted octanol–water partition coefficient (Wildman–Crippen LogP) is 1.77. The van der Waals surface area contributed by atoms with Crippen molar-refractivity contribution in [3.63, 3.8) is 0 Å². The summed E-state index contributed by atoms with van der Waals surface area (Å²) >= 11 is 0. The Morgan fingerprint density at radius 2 is 2.15 bits per heavy atom. The van der Waals surface area contributed by atoms with E-state index in [1.54, 1.807) is 0 Å². The second-order valence-electron chi connectivity index (χ2n) is 3.64. The summed E-state index contributed by atoms with van der Waals surface area (Å²) in [5, 5.41) is 9.74. The van der Waals surface area contributed by atoms with Crippen LogP contribution in [-0.4, -0.2) is 11.1 Å². The molecule has 72 valence electrons. The molecule has 3 N–H and O–H groups in total. The van der Waals surface area contributed by atoms with Crippen LogP contribution in [0, 0.1) is 6.92 Å². The monoisotopic (exact) mass is 179 g/mol. The molecule has 0 saturated carbocycles. The Balaban J connectivity index is 2.71. The molecule has 0 bridgehead atoms. The van der Waals surface area contributed by atoms with Crippen molar-refractivity contribution in [1.29, 1.82) is 0 Å². The first kappa shape index (κ1) is 10.2. The largest absolute Gasteiger partial charge is 0.388 e. The first-order valence-electron chi connectivity index (χ1n) is 4.60. The van der Waals surface area contributed by atoms with Crippen LogP contribution >= 0.6 is 0 Å². The molecule has 2 nitrogen and oxygen atoms in total. The lowest BCUT2D eigenvalue weighted by Crippen LogP contribution is -2.18. The lowest BCUT2D eigenvalue weighted by Gasteiger charge is -2.13. The minimum atomic E-state index is -0.431. The van der Waals surface area contributed by atoms with E-state index in [1.807, 2.05) is 38.1 Å². The highest BCUT2D eigenvalue weighted by atomic mass is 16.3. The van der Waals surface area contributed by atoms with E-state index >= 15 is 0 Å². The Morgan fingerprint density at radius 3 is 2.69 bits per heavy atom. The molecular weight excluding hydrogens is 162 g/mol. The summed E-state index contributed by atoms with van der Waals surface area (Å²) < 4.78 is 0. The van der Waals surface area contributed by atoms with Gasteiger partial charge in [0.15, 0.2) is 0 Å². The van der Waals surface area contributed by atoms with Gasteiger partial charge in [-0.2, -0.15) is 0 Å². The van der Waals surface area contributed by atoms with E-state index in [1.165, 1.54) is 5.56 Å². The number of rotatable bonds is 3. The summed E-state index contributed by atoms with van der Waals surface area (Å²) in [7, 11) is 0. The van der Waals surface area contributed by atoms with Crippen molar-refractivity contribution in [3.05, 3.63) is 35.4 Å². The zero-order chi connectivity index (χ0) is 9.84. The van der Waals surface area contributed by atoms with Gasteiger partial charge in [0, 0.05) is 6.04 Å². The molecule has 0 saturated heterocycles. The van der Waals surface area contributed by atoms with Crippen molar-refractivity contribution in [2.24, 2.45) is 5.73 Å². The van der Waals surface area contributed by atoms with Gasteiger partial charge in [0.2, 0.25) is 0 Å². The number of benzene rings is 1. The van der Waals surface area contributed by atoms with Crippen molar-refractivity contribution in [2.45, 2.75) is 32.4 Å². The van der Waals surface area contributed by atoms with E-state index in [9.17, 15) is 5.11 Å². The molecule has 2 atom stereocenters. The third kappa shape index (κ3) is 3.17. The van der Waals surface area contributed by atoms with Gasteiger partial charge in [0.05, 0.1) is 6.10 Å². The van der Waals surface area contributed by atoms with Gasteiger partial charge in [0.1, 0.15) is 0 Å². The van der Waals surface area contributed by atoms with Crippen LogP contribution in [0.4, 0.5) is 0 Å². The maximum absolute atomic E-state index is 9.74. The highest BCUT2D eigenvalue weighted by Crippen LogP contribution is 2.18. The van der Waals surface area contributed by atoms with Crippen LogP contribution in [-0.2, 0) is 0 Å². The lowest BCUT2D eigenvalue weighted by molar-refractivity contribution is 0.160. The number of aryl methyl sites for hydroxylation is 1. The van der Waals surface area contributed by atoms with Crippen molar-refractivity contribution < 1.29 is 5.11 Å². The number of nitrogens with two attached hydrogens (primary N) is 1. The number of aliphatic hydroxyl groups excluding tert-OH is 1. The van der Waals surface area contributed by atoms with Gasteiger partial charge in [-0.15, -0.1) is 0 Å². The predicted molar refractivity (Wildman–Crippen MR) is 54.4 cm³/mol. The first-order chi connectivity index (χ1) is 6.09. The zero-order valence-corrected chi connectivity index (χ0v) is 8.20. The van der Waals surface area contributed by atoms with Crippen LogP contribution in [0.1, 0.15) is 30.6 Å². The van der Waals surface area contributed by atoms with Crippen LogP contribution in [0.15, 0.2) is 24.3 Å². The molecule has 1 aromatic carbocycles. The SMILES string of the molecule is Cc1cccc(C(O)CC(C)N)c1. The maximum atomic E-state index is 9.74. The Bertz CT molecular complexity index is 271. The Kier molecular flexibility index (Phi) is 3.46. The number of hydrogen-bond donors (Lipinski definition) is 2. The molecule has 0 aliphatic carbocycles. The molecule has 0 spiro atoms. The minimum absolute atomic E-state index is 0.0375. The molecule has 1 rings (SSSR count). The van der Waals surface area contributed by atoms with Crippen molar-refractivity contribution in [1.82, 2.24) is 0 Å². The van der Waals surface area contributed by atoms with Crippen LogP contribution < -0.4 is 5.73 Å². The van der Waals surface area contributed by atoms with E-state index in [0.29, 0.717) is 6.42 Å². The van der Waals surface area contributed by atoms with Gasteiger partial charge in [-0.25, -0.2) is 0 Å². The van der Waals surface area contributed by atoms with E-state index in [0.717, 1.165) is 5.56 Å². The molecule has 0 heterocycles. The minimum Gasteiger partial charge on any atom is -0.388 e. The Morgan fingerprint density at radius 1 is 1.46 bits per heavy atom. The molecule has 2 heteroatoms. The van der Waals surface area contributed by atoms with Gasteiger partial charge in [-0.05, 0) is 25.8 Å². The zero-order valence-electron chi connectivity index (χ0n) is 8.20. The van der Waals surface area contributed by atoms with E-state index in [2.05, 4.69) is 0 Å². The quantitative estimate of drug-likeness (QED) is 0.742. The second kappa shape index (κ2) is 4.40. The second-order valence-corrected chi connectivity index (χ2v) is 3.64. The molecule has 0 aliphatic heterocycles. The van der Waals surface area contributed by atoms with Crippen LogP contribution in [0.2, 0.25) is 0 Å². The molecule has 2 unspecified atom stereocenters. The maximum Gasteiger partial charge on any atom is 0.0804 e. The van der Waals surface area contributed by atoms with Gasteiger partial charge in [0.25, 0.3) is 0 Å². The molecule has 0 fully saturated rings. The van der Waals surface area contributed by atoms with Crippen molar-refractivity contribution in [3.8, 4) is 0 Å². The highest BCUT2D eigenvalue weighted by molar-refractivity contribution is 5.24. The highest BCUT2D eigenvalue weighted by Gasteiger charge is 2.09. The van der Waals surface area contributed by atoms with Crippen molar-refractivity contribution >= 4 is 0 Å². The number of hydrogen-bond acceptors (Lipinski definition) is 2. The number of aliphatic hydroxyl groups is 1. The van der Waals surface area contributed by atoms with Crippen LogP contribution in [0.25, 0.3) is 0 Å². The summed E-state index contributed by atoms with van der Waals surface area (Å²) in [5.41, 5.74) is 7.73. The summed E-state index contributed by atoms with van der Waals surface area (Å²) in [6, 6.07) is 7.93. The first-order valence-corrected chi connectivity index (χ1v) is 4.60. The average molecular weight is 179 g/mol. The molecule has 1 aromatic rings. The van der Waals surface area contributed by atoms with Gasteiger partial charge < -0.3 is 10.8 Å². The lowest BCUT2D eigenvalue weighted by atomic mass is 10.0. The summed E-state index contributed by atoms with van der Waals surface area (Å²) in [5.74, 6) is 0. The summed E-state index contributed by atoms with van der Waals surface area (Å²) in [4.78, 5) is 0. The van der Waals surface area contributed by atoms with Gasteiger partial charge in [-0.3, -0.25) is 0 Å². The Hall–Kier alpha value is -0.860. The van der Waals surface area contributed by atoms with Gasteiger partial charge in [-0.1, -0.05) is 29.8 Å². The third-order valence-electron chi connectivity index (χ3n) is 2.02. The normalized spacial score (nSPS) is 15.4. The molecule has 0 amide bonds. The molecular formula is C11H17NO. The topological polar surface area (TPSA) is 46.2 Å². The Labute approximate surface area is 79.4 Å². The summed E-state index contributed by atoms with van der Waals surface area (Å²) in [6.45, 7) is 3.92. The smallest absolute Gasteiger partial charge is 0.0804 e. The fourth-order valence-corrected chi connectivity index (χ4v) is 1.37. The fourth-order valence-electron chi connectivity index (χ4n) is 1.37. The van der Waals surface area contributed by atoms with Gasteiger partial charge >= 0.3 is 0 Å². The van der Waals surface area contributed by atoms with E-state index in [4.69, 9.17) is 5.73 Å². The fraction of sp³-hybridized carbons (Fsp3) is 0.455. The van der Waals surface area contributed by atoms with Crippen molar-refractivity contribution in [2.75, 3.05) is 0 Å². The average Bonchev–Trinajstić information content (AvgIpc) is 2.03. The van der Waals surface area contributed by atoms with E-state index in [-0.39, 0.29) is 6.04 Å². The molecule has 0 aromatic heterocycles. The molecule has 13 heavy (non-hydrogen) atoms. The van der Waals surface area contributed by atoms with Crippen LogP contribution in [0.5, 0.6) is 0 Å². The van der Waals surface area contributed by atoms with E-state index < -0.39 is 6.10 Å². The molecule has 0 aliphatic rings. The standard InChI is InChI=1S/C11H17NO/c1-8-4-3-5-10(6-8)11(13)7-9(2)12/h3-6,9,11,13H,7,12H2,1-2H3. The third-order valence-corrected chi connectivity index (χ3v) is 2.02. The van der Waals surface area contributed by atoms with Crippen LogP contribution in [0.3, 0.4) is 0 Å².